The van der Waals surface area contributed by atoms with Gasteiger partial charge < -0.3 is 4.57 Å². The number of aromatic nitrogens is 1. The van der Waals surface area contributed by atoms with Crippen LogP contribution >= 0.6 is 27.3 Å². The van der Waals surface area contributed by atoms with E-state index in [1.165, 1.54) is 11.3 Å². The smallest absolute Gasteiger partial charge is 0.280 e. The number of thiazole rings is 1. The Morgan fingerprint density at radius 2 is 1.95 bits per heavy atom. The lowest BCUT2D eigenvalue weighted by Gasteiger charge is -2.01. The topological polar surface area (TPSA) is 34.4 Å². The second-order valence-electron chi connectivity index (χ2n) is 4.65. The van der Waals surface area contributed by atoms with Gasteiger partial charge in [0.2, 0.25) is 0 Å². The lowest BCUT2D eigenvalue weighted by molar-refractivity contribution is 0.0997. The van der Waals surface area contributed by atoms with Crippen LogP contribution in [0.25, 0.3) is 10.2 Å². The van der Waals surface area contributed by atoms with Crippen molar-refractivity contribution in [2.24, 2.45) is 4.99 Å². The van der Waals surface area contributed by atoms with Crippen molar-refractivity contribution in [2.45, 2.75) is 6.54 Å². The fraction of sp³-hybridized carbons (Fsp3) is 0.0588. The van der Waals surface area contributed by atoms with Crippen LogP contribution in [-0.4, -0.2) is 10.5 Å². The first-order valence-electron chi connectivity index (χ1n) is 6.73. The third kappa shape index (κ3) is 2.82. The lowest BCUT2D eigenvalue weighted by atomic mass is 10.2. The highest BCUT2D eigenvalue weighted by atomic mass is 79.9. The molecular formula is C17H13BrN2OS. The van der Waals surface area contributed by atoms with Crippen LogP contribution in [0.4, 0.5) is 0 Å². The molecule has 0 aliphatic rings. The van der Waals surface area contributed by atoms with Crippen LogP contribution in [0.15, 0.2) is 70.7 Å². The average molecular weight is 373 g/mol. The Labute approximate surface area is 140 Å². The van der Waals surface area contributed by atoms with Gasteiger partial charge in [-0.15, -0.1) is 6.58 Å². The second-order valence-corrected chi connectivity index (χ2v) is 6.51. The first-order chi connectivity index (χ1) is 10.7. The molecule has 5 heteroatoms. The van der Waals surface area contributed by atoms with Crippen molar-refractivity contribution >= 4 is 43.4 Å². The van der Waals surface area contributed by atoms with Gasteiger partial charge in [0.1, 0.15) is 0 Å². The summed E-state index contributed by atoms with van der Waals surface area (Å²) in [5, 5.41) is 0. The predicted octanol–water partition coefficient (Wildman–Crippen LogP) is 4.39. The Bertz CT molecular complexity index is 924. The first kappa shape index (κ1) is 14.9. The van der Waals surface area contributed by atoms with Gasteiger partial charge in [-0.25, -0.2) is 0 Å². The van der Waals surface area contributed by atoms with Gasteiger partial charge in [-0.1, -0.05) is 41.7 Å². The highest BCUT2D eigenvalue weighted by Crippen LogP contribution is 2.19. The van der Waals surface area contributed by atoms with E-state index in [0.717, 1.165) is 14.7 Å². The van der Waals surface area contributed by atoms with Crippen LogP contribution in [0, 0.1) is 0 Å². The molecule has 3 aromatic rings. The number of halogens is 1. The van der Waals surface area contributed by atoms with Gasteiger partial charge in [-0.3, -0.25) is 4.79 Å². The summed E-state index contributed by atoms with van der Waals surface area (Å²) in [6.07, 6.45) is 1.81. The summed E-state index contributed by atoms with van der Waals surface area (Å²) in [5.74, 6) is -0.253. The average Bonchev–Trinajstić information content (AvgIpc) is 2.86. The van der Waals surface area contributed by atoms with Crippen molar-refractivity contribution < 1.29 is 4.79 Å². The molecule has 110 valence electrons. The molecular weight excluding hydrogens is 360 g/mol. The Morgan fingerprint density at radius 1 is 1.23 bits per heavy atom. The van der Waals surface area contributed by atoms with Crippen molar-refractivity contribution in [3.63, 3.8) is 0 Å². The maximum Gasteiger partial charge on any atom is 0.280 e. The maximum atomic E-state index is 12.4. The van der Waals surface area contributed by atoms with Crippen molar-refractivity contribution in [1.29, 1.82) is 0 Å². The third-order valence-electron chi connectivity index (χ3n) is 3.20. The van der Waals surface area contributed by atoms with Gasteiger partial charge in [0.15, 0.2) is 4.80 Å². The van der Waals surface area contributed by atoms with Crippen LogP contribution in [0.5, 0.6) is 0 Å². The Morgan fingerprint density at radius 3 is 2.73 bits per heavy atom. The van der Waals surface area contributed by atoms with Crippen LogP contribution in [0.2, 0.25) is 0 Å². The minimum absolute atomic E-state index is 0.253. The Hall–Kier alpha value is -1.98. The molecule has 0 bridgehead atoms. The van der Waals surface area contributed by atoms with E-state index in [1.54, 1.807) is 12.1 Å². The molecule has 0 aliphatic heterocycles. The number of hydrogen-bond acceptors (Lipinski definition) is 2. The summed E-state index contributed by atoms with van der Waals surface area (Å²) < 4.78 is 3.85. The quantitative estimate of drug-likeness (QED) is 0.627. The minimum atomic E-state index is -0.253. The zero-order valence-corrected chi connectivity index (χ0v) is 14.1. The molecule has 0 saturated heterocycles. The molecule has 3 rings (SSSR count). The summed E-state index contributed by atoms with van der Waals surface area (Å²) in [6.45, 7) is 4.40. The number of carbonyl (C=O) groups is 1. The highest BCUT2D eigenvalue weighted by molar-refractivity contribution is 9.10. The Kier molecular flexibility index (Phi) is 4.36. The minimum Gasteiger partial charge on any atom is -0.312 e. The number of carbonyl (C=O) groups excluding carboxylic acids is 1. The molecule has 0 fully saturated rings. The molecule has 2 aromatic carbocycles. The number of amides is 1. The summed E-state index contributed by atoms with van der Waals surface area (Å²) in [4.78, 5) is 17.4. The number of para-hydroxylation sites is 1. The van der Waals surface area contributed by atoms with Crippen LogP contribution in [-0.2, 0) is 6.54 Å². The summed E-state index contributed by atoms with van der Waals surface area (Å²) in [5.41, 5.74) is 1.62. The lowest BCUT2D eigenvalue weighted by Crippen LogP contribution is -2.16. The zero-order chi connectivity index (χ0) is 15.5. The van der Waals surface area contributed by atoms with Crippen LogP contribution in [0.3, 0.4) is 0 Å². The van der Waals surface area contributed by atoms with Crippen molar-refractivity contribution in [2.75, 3.05) is 0 Å². The molecule has 0 radical (unpaired) electrons. The molecule has 22 heavy (non-hydrogen) atoms. The first-order valence-corrected chi connectivity index (χ1v) is 8.34. The third-order valence-corrected chi connectivity index (χ3v) is 4.95. The zero-order valence-electron chi connectivity index (χ0n) is 11.7. The van der Waals surface area contributed by atoms with E-state index < -0.39 is 0 Å². The summed E-state index contributed by atoms with van der Waals surface area (Å²) >= 11 is 4.90. The van der Waals surface area contributed by atoms with Gasteiger partial charge in [0.05, 0.1) is 15.8 Å². The summed E-state index contributed by atoms with van der Waals surface area (Å²) in [6, 6.07) is 15.3. The van der Waals surface area contributed by atoms with Crippen LogP contribution < -0.4 is 4.80 Å². The molecule has 1 heterocycles. The van der Waals surface area contributed by atoms with E-state index in [4.69, 9.17) is 0 Å². The van der Waals surface area contributed by atoms with Crippen molar-refractivity contribution in [3.8, 4) is 0 Å². The standard InChI is InChI=1S/C17H13BrN2OS/c1-2-11-20-14-9-5-6-10-15(14)22-17(20)19-16(21)12-7-3-4-8-13(12)18/h2-10H,1,11H2. The number of allylic oxidation sites excluding steroid dienone is 1. The number of benzene rings is 2. The van der Waals surface area contributed by atoms with Gasteiger partial charge in [0, 0.05) is 11.0 Å². The van der Waals surface area contributed by atoms with E-state index in [-0.39, 0.29) is 5.91 Å². The fourth-order valence-electron chi connectivity index (χ4n) is 2.19. The molecule has 0 spiro atoms. The number of nitrogens with zero attached hydrogens (tertiary/aromatic N) is 2. The van der Waals surface area contributed by atoms with E-state index >= 15 is 0 Å². The SMILES string of the molecule is C=CCn1c(=NC(=O)c2ccccc2Br)sc2ccccc21. The number of hydrogen-bond donors (Lipinski definition) is 0. The van der Waals surface area contributed by atoms with Crippen molar-refractivity contribution in [3.05, 3.63) is 76.0 Å². The maximum absolute atomic E-state index is 12.4. The van der Waals surface area contributed by atoms with Gasteiger partial charge in [0.25, 0.3) is 5.91 Å². The van der Waals surface area contributed by atoms with E-state index in [2.05, 4.69) is 27.5 Å². The summed E-state index contributed by atoms with van der Waals surface area (Å²) in [7, 11) is 0. The number of rotatable bonds is 3. The molecule has 0 unspecified atom stereocenters. The predicted molar refractivity (Wildman–Crippen MR) is 94.0 cm³/mol. The van der Waals surface area contributed by atoms with E-state index in [9.17, 15) is 4.79 Å². The second kappa shape index (κ2) is 6.42. The van der Waals surface area contributed by atoms with E-state index in [1.807, 2.05) is 47.0 Å². The number of fused-ring (bicyclic) bond motifs is 1. The van der Waals surface area contributed by atoms with Gasteiger partial charge >= 0.3 is 0 Å². The van der Waals surface area contributed by atoms with Crippen molar-refractivity contribution in [1.82, 2.24) is 4.57 Å². The van der Waals surface area contributed by atoms with E-state index in [0.29, 0.717) is 16.9 Å². The molecule has 0 atom stereocenters. The molecule has 1 amide bonds. The molecule has 3 nitrogen and oxygen atoms in total. The Balaban J connectivity index is 2.16. The molecule has 0 aliphatic carbocycles. The van der Waals surface area contributed by atoms with Gasteiger partial charge in [-0.2, -0.15) is 4.99 Å². The highest BCUT2D eigenvalue weighted by Gasteiger charge is 2.10. The monoisotopic (exact) mass is 372 g/mol. The van der Waals surface area contributed by atoms with Crippen LogP contribution in [0.1, 0.15) is 10.4 Å². The van der Waals surface area contributed by atoms with Gasteiger partial charge in [-0.05, 0) is 40.2 Å². The normalized spacial score (nSPS) is 11.8. The molecule has 1 aromatic heterocycles. The fourth-order valence-corrected chi connectivity index (χ4v) is 3.69. The molecule has 0 saturated carbocycles. The molecule has 0 N–H and O–H groups in total. The largest absolute Gasteiger partial charge is 0.312 e.